The fraction of sp³-hybridized carbons (Fsp3) is 0.391. The zero-order chi connectivity index (χ0) is 21.3. The third-order valence-corrected chi connectivity index (χ3v) is 5.27. The van der Waals surface area contributed by atoms with Crippen molar-refractivity contribution in [1.82, 2.24) is 10.6 Å². The van der Waals surface area contributed by atoms with Gasteiger partial charge in [0, 0.05) is 23.4 Å². The number of carbonyl (C=O) groups is 2. The van der Waals surface area contributed by atoms with Crippen LogP contribution in [0.5, 0.6) is 11.5 Å². The lowest BCUT2D eigenvalue weighted by Gasteiger charge is -2.22. The molecule has 1 fully saturated rings. The van der Waals surface area contributed by atoms with Crippen molar-refractivity contribution >= 4 is 29.9 Å². The number of methoxy groups -OCH3 is 2. The molecule has 2 amide bonds. The zero-order valence-corrected chi connectivity index (χ0v) is 18.7. The summed E-state index contributed by atoms with van der Waals surface area (Å²) in [4.78, 5) is 25.1. The molecule has 7 nitrogen and oxygen atoms in total. The molecule has 2 aromatic carbocycles. The van der Waals surface area contributed by atoms with Crippen molar-refractivity contribution in [2.24, 2.45) is 5.92 Å². The summed E-state index contributed by atoms with van der Waals surface area (Å²) in [5.41, 5.74) is 1.50. The minimum atomic E-state index is -0.293. The van der Waals surface area contributed by atoms with Crippen molar-refractivity contribution in [2.45, 2.75) is 19.3 Å². The lowest BCUT2D eigenvalue weighted by atomic mass is 9.96. The highest BCUT2D eigenvalue weighted by Gasteiger charge is 2.14. The molecular weight excluding hydrogens is 418 g/mol. The Morgan fingerprint density at radius 2 is 1.81 bits per heavy atom. The van der Waals surface area contributed by atoms with Gasteiger partial charge in [-0.05, 0) is 74.7 Å². The number of hydrogen-bond acceptors (Lipinski definition) is 5. The van der Waals surface area contributed by atoms with Gasteiger partial charge >= 0.3 is 0 Å². The van der Waals surface area contributed by atoms with E-state index in [-0.39, 0.29) is 24.2 Å². The molecule has 1 atom stereocenters. The van der Waals surface area contributed by atoms with Crippen LogP contribution in [-0.2, 0) is 0 Å². The second kappa shape index (κ2) is 12.2. The lowest BCUT2D eigenvalue weighted by Crippen LogP contribution is -2.33. The van der Waals surface area contributed by atoms with Crippen LogP contribution < -0.4 is 25.4 Å². The molecule has 8 heteroatoms. The highest BCUT2D eigenvalue weighted by Crippen LogP contribution is 2.28. The van der Waals surface area contributed by atoms with E-state index in [0.29, 0.717) is 40.8 Å². The maximum Gasteiger partial charge on any atom is 0.255 e. The van der Waals surface area contributed by atoms with Gasteiger partial charge < -0.3 is 25.4 Å². The monoisotopic (exact) mass is 447 g/mol. The first-order valence-corrected chi connectivity index (χ1v) is 10.2. The van der Waals surface area contributed by atoms with E-state index in [0.717, 1.165) is 19.5 Å². The van der Waals surface area contributed by atoms with E-state index >= 15 is 0 Å². The number of piperidine rings is 1. The van der Waals surface area contributed by atoms with Crippen LogP contribution in [0.1, 0.15) is 40.0 Å². The molecule has 2 aromatic rings. The summed E-state index contributed by atoms with van der Waals surface area (Å²) in [7, 11) is 3.06. The van der Waals surface area contributed by atoms with Crippen LogP contribution in [0, 0.1) is 5.92 Å². The van der Waals surface area contributed by atoms with Crippen LogP contribution in [0.25, 0.3) is 0 Å². The molecule has 0 aliphatic carbocycles. The molecule has 0 saturated carbocycles. The Bertz CT molecular complexity index is 885. The summed E-state index contributed by atoms with van der Waals surface area (Å²) in [5, 5.41) is 9.19. The predicted octanol–water partition coefficient (Wildman–Crippen LogP) is 3.50. The number of amides is 2. The van der Waals surface area contributed by atoms with Crippen LogP contribution in [0.4, 0.5) is 5.69 Å². The van der Waals surface area contributed by atoms with E-state index in [4.69, 9.17) is 9.47 Å². The first-order chi connectivity index (χ1) is 14.6. The first kappa shape index (κ1) is 24.5. The molecule has 0 spiro atoms. The minimum absolute atomic E-state index is 0. The number of rotatable bonds is 8. The number of benzene rings is 2. The normalized spacial score (nSPS) is 15.4. The van der Waals surface area contributed by atoms with Crippen molar-refractivity contribution in [3.8, 4) is 11.5 Å². The van der Waals surface area contributed by atoms with Gasteiger partial charge in [0.05, 0.1) is 14.2 Å². The van der Waals surface area contributed by atoms with Gasteiger partial charge in [-0.1, -0.05) is 6.07 Å². The van der Waals surface area contributed by atoms with Crippen molar-refractivity contribution in [1.29, 1.82) is 0 Å². The Labute approximate surface area is 189 Å². The van der Waals surface area contributed by atoms with Crippen molar-refractivity contribution in [2.75, 3.05) is 39.2 Å². The number of anilines is 1. The quantitative estimate of drug-likeness (QED) is 0.576. The molecule has 1 aliphatic heterocycles. The topological polar surface area (TPSA) is 88.7 Å². The molecule has 0 bridgehead atoms. The van der Waals surface area contributed by atoms with Crippen LogP contribution in [0.3, 0.4) is 0 Å². The molecule has 168 valence electrons. The summed E-state index contributed by atoms with van der Waals surface area (Å²) in [5.74, 6) is 1.22. The molecule has 1 heterocycles. The lowest BCUT2D eigenvalue weighted by molar-refractivity contribution is 0.0949. The highest BCUT2D eigenvalue weighted by atomic mass is 35.5. The maximum atomic E-state index is 12.6. The van der Waals surface area contributed by atoms with Crippen molar-refractivity contribution in [3.05, 3.63) is 53.6 Å². The number of nitrogens with one attached hydrogen (secondary N) is 3. The predicted molar refractivity (Wildman–Crippen MR) is 124 cm³/mol. The molecule has 0 radical (unpaired) electrons. The van der Waals surface area contributed by atoms with Gasteiger partial charge in [-0.25, -0.2) is 0 Å². The number of carbonyl (C=O) groups excluding carboxylic acids is 2. The molecule has 1 unspecified atom stereocenters. The SMILES string of the molecule is COc1ccc(C(=O)Nc2cccc(C(=O)NCCC3CCCNC3)c2)cc1OC.Cl. The average molecular weight is 448 g/mol. The standard InChI is InChI=1S/C23H29N3O4.ClH/c1-29-20-9-8-18(14-21(20)30-2)23(28)26-19-7-3-6-17(13-19)22(27)25-12-10-16-5-4-11-24-15-16;/h3,6-9,13-14,16,24H,4-5,10-12,15H2,1-2H3,(H,25,27)(H,26,28);1H. The summed E-state index contributed by atoms with van der Waals surface area (Å²) in [6.07, 6.45) is 3.37. The summed E-state index contributed by atoms with van der Waals surface area (Å²) in [6, 6.07) is 11.9. The fourth-order valence-corrected chi connectivity index (χ4v) is 3.58. The van der Waals surface area contributed by atoms with Gasteiger partial charge in [-0.15, -0.1) is 12.4 Å². The van der Waals surface area contributed by atoms with Gasteiger partial charge in [0.25, 0.3) is 11.8 Å². The van der Waals surface area contributed by atoms with Crippen LogP contribution in [0.2, 0.25) is 0 Å². The summed E-state index contributed by atoms with van der Waals surface area (Å²) >= 11 is 0. The summed E-state index contributed by atoms with van der Waals surface area (Å²) in [6.45, 7) is 2.76. The van der Waals surface area contributed by atoms with Crippen molar-refractivity contribution in [3.63, 3.8) is 0 Å². The molecule has 1 saturated heterocycles. The van der Waals surface area contributed by atoms with E-state index in [2.05, 4.69) is 16.0 Å². The third-order valence-electron chi connectivity index (χ3n) is 5.27. The van der Waals surface area contributed by atoms with Crippen LogP contribution >= 0.6 is 12.4 Å². The van der Waals surface area contributed by atoms with E-state index < -0.39 is 0 Å². The second-order valence-electron chi connectivity index (χ2n) is 7.36. The fourth-order valence-electron chi connectivity index (χ4n) is 3.58. The molecule has 3 rings (SSSR count). The second-order valence-corrected chi connectivity index (χ2v) is 7.36. The Hall–Kier alpha value is -2.77. The van der Waals surface area contributed by atoms with E-state index in [1.54, 1.807) is 49.6 Å². The molecule has 3 N–H and O–H groups in total. The van der Waals surface area contributed by atoms with Gasteiger partial charge in [-0.3, -0.25) is 9.59 Å². The number of hydrogen-bond donors (Lipinski definition) is 3. The van der Waals surface area contributed by atoms with E-state index in [1.165, 1.54) is 20.0 Å². The highest BCUT2D eigenvalue weighted by molar-refractivity contribution is 6.05. The number of ether oxygens (including phenoxy) is 2. The molecular formula is C23H30ClN3O4. The van der Waals surface area contributed by atoms with Crippen LogP contribution in [-0.4, -0.2) is 45.7 Å². The summed E-state index contributed by atoms with van der Waals surface area (Å²) < 4.78 is 10.4. The molecule has 1 aliphatic rings. The van der Waals surface area contributed by atoms with Gasteiger partial charge in [-0.2, -0.15) is 0 Å². The maximum absolute atomic E-state index is 12.6. The molecule has 31 heavy (non-hydrogen) atoms. The first-order valence-electron chi connectivity index (χ1n) is 10.2. The van der Waals surface area contributed by atoms with Gasteiger partial charge in [0.2, 0.25) is 0 Å². The largest absolute Gasteiger partial charge is 0.493 e. The Balaban J connectivity index is 0.00000341. The van der Waals surface area contributed by atoms with E-state index in [1.807, 2.05) is 0 Å². The van der Waals surface area contributed by atoms with Crippen molar-refractivity contribution < 1.29 is 19.1 Å². The Morgan fingerprint density at radius 3 is 2.52 bits per heavy atom. The average Bonchev–Trinajstić information content (AvgIpc) is 2.79. The Morgan fingerprint density at radius 1 is 1.03 bits per heavy atom. The zero-order valence-electron chi connectivity index (χ0n) is 17.9. The van der Waals surface area contributed by atoms with Gasteiger partial charge in [0.15, 0.2) is 11.5 Å². The molecule has 0 aromatic heterocycles. The smallest absolute Gasteiger partial charge is 0.255 e. The third kappa shape index (κ3) is 6.87. The Kier molecular flexibility index (Phi) is 9.62. The minimum Gasteiger partial charge on any atom is -0.493 e. The number of halogens is 1. The van der Waals surface area contributed by atoms with Crippen LogP contribution in [0.15, 0.2) is 42.5 Å². The van der Waals surface area contributed by atoms with Gasteiger partial charge in [0.1, 0.15) is 0 Å². The van der Waals surface area contributed by atoms with E-state index in [9.17, 15) is 9.59 Å².